The topological polar surface area (TPSA) is 87.3 Å². The molecule has 5 rings (SSSR count). The van der Waals surface area contributed by atoms with Crippen molar-refractivity contribution in [2.24, 2.45) is 0 Å². The number of amides is 2. The van der Waals surface area contributed by atoms with Crippen molar-refractivity contribution in [3.8, 4) is 5.75 Å². The van der Waals surface area contributed by atoms with Gasteiger partial charge in [-0.05, 0) is 48.2 Å². The number of fused-ring (bicyclic) bond motifs is 1. The van der Waals surface area contributed by atoms with Crippen LogP contribution in [-0.2, 0) is 16.4 Å². The van der Waals surface area contributed by atoms with Gasteiger partial charge in [-0.1, -0.05) is 30.7 Å². The lowest BCUT2D eigenvalue weighted by Crippen LogP contribution is -2.41. The fourth-order valence-corrected chi connectivity index (χ4v) is 5.45. The summed E-state index contributed by atoms with van der Waals surface area (Å²) in [5.41, 5.74) is 0.580. The zero-order valence-electron chi connectivity index (χ0n) is 20.5. The second-order valence-electron chi connectivity index (χ2n) is 9.63. The van der Waals surface area contributed by atoms with Crippen LogP contribution in [0.5, 0.6) is 5.75 Å². The summed E-state index contributed by atoms with van der Waals surface area (Å²) in [6, 6.07) is 14.2. The van der Waals surface area contributed by atoms with Gasteiger partial charge in [0, 0.05) is 42.6 Å². The zero-order valence-corrected chi connectivity index (χ0v) is 20.5. The van der Waals surface area contributed by atoms with Crippen LogP contribution in [0, 0.1) is 0 Å². The molecule has 1 aromatic heterocycles. The van der Waals surface area contributed by atoms with Gasteiger partial charge in [-0.2, -0.15) is 18.3 Å². The van der Waals surface area contributed by atoms with E-state index >= 15 is 0 Å². The first-order valence-electron chi connectivity index (χ1n) is 12.1. The molecule has 1 aliphatic carbocycles. The van der Waals surface area contributed by atoms with E-state index in [0.29, 0.717) is 23.4 Å². The molecule has 2 N–H and O–H groups in total. The molecule has 0 radical (unpaired) electrons. The molecular weight excluding hydrogens is 485 g/mol. The van der Waals surface area contributed by atoms with E-state index in [9.17, 15) is 22.8 Å². The van der Waals surface area contributed by atoms with Gasteiger partial charge < -0.3 is 15.0 Å². The number of benzene rings is 2. The summed E-state index contributed by atoms with van der Waals surface area (Å²) < 4.78 is 46.7. The van der Waals surface area contributed by atoms with Crippen molar-refractivity contribution < 1.29 is 27.5 Å². The van der Waals surface area contributed by atoms with E-state index in [1.165, 1.54) is 12.0 Å². The van der Waals surface area contributed by atoms with Gasteiger partial charge in [0.05, 0.1) is 7.11 Å². The van der Waals surface area contributed by atoms with E-state index in [0.717, 1.165) is 24.8 Å². The molecule has 10 heteroatoms. The first kappa shape index (κ1) is 24.9. The Kier molecular flexibility index (Phi) is 6.21. The van der Waals surface area contributed by atoms with Crippen LogP contribution in [0.15, 0.2) is 48.5 Å². The molecule has 2 amide bonds. The summed E-state index contributed by atoms with van der Waals surface area (Å²) in [7, 11) is 3.13. The summed E-state index contributed by atoms with van der Waals surface area (Å²) in [5.74, 6) is -0.767. The Hall–Kier alpha value is -3.82. The minimum atomic E-state index is -4.71. The van der Waals surface area contributed by atoms with Crippen LogP contribution in [0.2, 0.25) is 0 Å². The normalized spacial score (nSPS) is 18.7. The number of carbonyl (C=O) groups is 2. The number of nitrogens with zero attached hydrogens (tertiary/aromatic N) is 2. The van der Waals surface area contributed by atoms with E-state index in [4.69, 9.17) is 4.74 Å². The average Bonchev–Trinajstić information content (AvgIpc) is 3.33. The first-order chi connectivity index (χ1) is 17.7. The van der Waals surface area contributed by atoms with Crippen LogP contribution in [0.4, 0.5) is 18.9 Å². The van der Waals surface area contributed by atoms with Crippen molar-refractivity contribution in [1.82, 2.24) is 15.5 Å². The van der Waals surface area contributed by atoms with Crippen LogP contribution in [0.25, 0.3) is 0 Å². The minimum absolute atomic E-state index is 0.0174. The quantitative estimate of drug-likeness (QED) is 0.497. The second-order valence-corrected chi connectivity index (χ2v) is 9.63. The molecule has 2 heterocycles. The maximum Gasteiger partial charge on any atom is 0.435 e. The summed E-state index contributed by atoms with van der Waals surface area (Å²) >= 11 is 0. The molecule has 1 unspecified atom stereocenters. The summed E-state index contributed by atoms with van der Waals surface area (Å²) in [6.07, 6.45) is -1.47. The van der Waals surface area contributed by atoms with Gasteiger partial charge in [0.15, 0.2) is 5.69 Å². The Morgan fingerprint density at radius 3 is 2.38 bits per heavy atom. The number of hydrogen-bond donors (Lipinski definition) is 2. The molecule has 194 valence electrons. The molecule has 3 aromatic rings. The number of ether oxygens (including phenoxy) is 1. The van der Waals surface area contributed by atoms with E-state index < -0.39 is 23.7 Å². The number of rotatable bonds is 6. The highest BCUT2D eigenvalue weighted by Gasteiger charge is 2.46. The van der Waals surface area contributed by atoms with Gasteiger partial charge in [0.25, 0.3) is 5.91 Å². The fourth-order valence-electron chi connectivity index (χ4n) is 5.45. The SMILES string of the molecule is CNC(=O)CC1(c2ccc(N3CC(c4ccc(OC)cc4)c4c(C(F)(F)F)n[nH]c4C3=O)cc2)CCC1. The highest BCUT2D eigenvalue weighted by molar-refractivity contribution is 6.07. The molecule has 0 bridgehead atoms. The predicted octanol–water partition coefficient (Wildman–Crippen LogP) is 4.79. The second kappa shape index (κ2) is 9.24. The predicted molar refractivity (Wildman–Crippen MR) is 131 cm³/mol. The van der Waals surface area contributed by atoms with Crippen LogP contribution < -0.4 is 15.0 Å². The summed E-state index contributed by atoms with van der Waals surface area (Å²) in [5, 5.41) is 8.54. The highest BCUT2D eigenvalue weighted by Crippen LogP contribution is 2.47. The molecule has 0 saturated heterocycles. The standard InChI is InChI=1S/C27H27F3N4O3/c1-31-21(35)14-26(12-3-13-26)17-6-8-18(9-7-17)34-15-20(16-4-10-19(37-2)11-5-16)22-23(25(34)36)32-33-24(22)27(28,29)30/h4-11,20H,3,12-15H2,1-2H3,(H,31,35)(H,32,33). The number of anilines is 1. The molecule has 7 nitrogen and oxygen atoms in total. The maximum absolute atomic E-state index is 13.8. The lowest BCUT2D eigenvalue weighted by Gasteiger charge is -2.42. The van der Waals surface area contributed by atoms with Crippen LogP contribution in [0.3, 0.4) is 0 Å². The summed E-state index contributed by atoms with van der Waals surface area (Å²) in [6.45, 7) is 0.0174. The lowest BCUT2D eigenvalue weighted by atomic mass is 9.62. The fraction of sp³-hybridized carbons (Fsp3) is 0.370. The van der Waals surface area contributed by atoms with Crippen molar-refractivity contribution in [2.75, 3.05) is 25.6 Å². The van der Waals surface area contributed by atoms with Crippen molar-refractivity contribution in [3.05, 3.63) is 76.6 Å². The third-order valence-corrected chi connectivity index (χ3v) is 7.64. The van der Waals surface area contributed by atoms with Crippen LogP contribution in [-0.4, -0.2) is 42.7 Å². The number of carbonyl (C=O) groups excluding carboxylic acids is 2. The van der Waals surface area contributed by atoms with Crippen molar-refractivity contribution in [2.45, 2.75) is 43.2 Å². The van der Waals surface area contributed by atoms with Gasteiger partial charge in [-0.3, -0.25) is 14.7 Å². The smallest absolute Gasteiger partial charge is 0.435 e. The maximum atomic E-state index is 13.8. The third-order valence-electron chi connectivity index (χ3n) is 7.64. The number of halogens is 3. The minimum Gasteiger partial charge on any atom is -0.497 e. The number of aromatic nitrogens is 2. The monoisotopic (exact) mass is 512 g/mol. The Morgan fingerprint density at radius 1 is 1.16 bits per heavy atom. The van der Waals surface area contributed by atoms with Crippen molar-refractivity contribution >= 4 is 17.5 Å². The van der Waals surface area contributed by atoms with E-state index in [1.807, 2.05) is 12.1 Å². The number of hydrogen-bond acceptors (Lipinski definition) is 4. The largest absolute Gasteiger partial charge is 0.497 e. The van der Waals surface area contributed by atoms with Crippen molar-refractivity contribution in [3.63, 3.8) is 0 Å². The Morgan fingerprint density at radius 2 is 1.84 bits per heavy atom. The van der Waals surface area contributed by atoms with E-state index in [2.05, 4.69) is 15.5 Å². The Balaban J connectivity index is 1.51. The first-order valence-corrected chi connectivity index (χ1v) is 12.1. The number of alkyl halides is 3. The summed E-state index contributed by atoms with van der Waals surface area (Å²) in [4.78, 5) is 27.0. The van der Waals surface area contributed by atoms with E-state index in [-0.39, 0.29) is 29.1 Å². The molecule has 1 aliphatic heterocycles. The van der Waals surface area contributed by atoms with Crippen molar-refractivity contribution in [1.29, 1.82) is 0 Å². The van der Waals surface area contributed by atoms with Gasteiger partial charge >= 0.3 is 6.18 Å². The zero-order chi connectivity index (χ0) is 26.4. The Bertz CT molecular complexity index is 1310. The molecule has 1 atom stereocenters. The molecule has 1 saturated carbocycles. The van der Waals surface area contributed by atoms with Gasteiger partial charge in [-0.15, -0.1) is 0 Å². The number of aromatic amines is 1. The number of nitrogens with one attached hydrogen (secondary N) is 2. The average molecular weight is 513 g/mol. The van der Waals surface area contributed by atoms with Gasteiger partial charge in [-0.25, -0.2) is 0 Å². The van der Waals surface area contributed by atoms with Crippen LogP contribution >= 0.6 is 0 Å². The van der Waals surface area contributed by atoms with Gasteiger partial charge in [0.1, 0.15) is 11.4 Å². The lowest BCUT2D eigenvalue weighted by molar-refractivity contribution is -0.141. The third kappa shape index (κ3) is 4.34. The molecule has 37 heavy (non-hydrogen) atoms. The van der Waals surface area contributed by atoms with Gasteiger partial charge in [0.2, 0.25) is 5.91 Å². The molecule has 2 aromatic carbocycles. The molecule has 2 aliphatic rings. The van der Waals surface area contributed by atoms with E-state index in [1.54, 1.807) is 43.4 Å². The molecule has 1 fully saturated rings. The number of H-pyrrole nitrogens is 1. The Labute approximate surface area is 212 Å². The molecule has 0 spiro atoms. The number of methoxy groups -OCH3 is 1. The molecular formula is C27H27F3N4O3. The highest BCUT2D eigenvalue weighted by atomic mass is 19.4. The van der Waals surface area contributed by atoms with Crippen LogP contribution in [0.1, 0.15) is 64.5 Å².